The van der Waals surface area contributed by atoms with Crippen LogP contribution in [0.5, 0.6) is 0 Å². The highest BCUT2D eigenvalue weighted by molar-refractivity contribution is 5.53. The van der Waals surface area contributed by atoms with Crippen molar-refractivity contribution in [3.05, 3.63) is 12.3 Å². The average Bonchev–Trinajstić information content (AvgIpc) is 2.82. The summed E-state index contributed by atoms with van der Waals surface area (Å²) in [5, 5.41) is 7.33. The number of nitrogens with one attached hydrogen (secondary N) is 1. The molecule has 0 aliphatic carbocycles. The van der Waals surface area contributed by atoms with Crippen LogP contribution in [0.15, 0.2) is 12.3 Å². The minimum Gasteiger partial charge on any atom is -0.354 e. The number of hydrogen-bond acceptors (Lipinski definition) is 6. The van der Waals surface area contributed by atoms with E-state index < -0.39 is 0 Å². The van der Waals surface area contributed by atoms with Gasteiger partial charge in [0.25, 0.3) is 0 Å². The highest BCUT2D eigenvalue weighted by atomic mass is 15.3. The molecule has 0 aliphatic heterocycles. The Bertz CT molecular complexity index is 547. The van der Waals surface area contributed by atoms with Crippen LogP contribution in [-0.4, -0.2) is 45.4 Å². The predicted octanol–water partition coefficient (Wildman–Crippen LogP) is 1.16. The molecule has 0 saturated heterocycles. The SMILES string of the molecule is CCCNc1nc(-c2ccnn2C)nc(N(C)C)n1. The molecule has 0 fully saturated rings. The highest BCUT2D eigenvalue weighted by Crippen LogP contribution is 2.17. The van der Waals surface area contributed by atoms with Crippen molar-refractivity contribution in [2.45, 2.75) is 13.3 Å². The van der Waals surface area contributed by atoms with Gasteiger partial charge in [0.05, 0.1) is 0 Å². The first-order valence-corrected chi connectivity index (χ1v) is 6.27. The van der Waals surface area contributed by atoms with Gasteiger partial charge in [0.1, 0.15) is 5.69 Å². The maximum atomic E-state index is 4.45. The fourth-order valence-corrected chi connectivity index (χ4v) is 1.59. The smallest absolute Gasteiger partial charge is 0.230 e. The van der Waals surface area contributed by atoms with E-state index in [2.05, 4.69) is 32.3 Å². The second-order valence-corrected chi connectivity index (χ2v) is 4.44. The fourth-order valence-electron chi connectivity index (χ4n) is 1.59. The maximum absolute atomic E-state index is 4.45. The van der Waals surface area contributed by atoms with Crippen molar-refractivity contribution in [2.24, 2.45) is 7.05 Å². The summed E-state index contributed by atoms with van der Waals surface area (Å²) < 4.78 is 1.75. The molecule has 19 heavy (non-hydrogen) atoms. The van der Waals surface area contributed by atoms with Gasteiger partial charge in [0.2, 0.25) is 11.9 Å². The van der Waals surface area contributed by atoms with Crippen LogP contribution < -0.4 is 10.2 Å². The molecule has 7 nitrogen and oxygen atoms in total. The molecular weight excluding hydrogens is 242 g/mol. The van der Waals surface area contributed by atoms with E-state index in [9.17, 15) is 0 Å². The Morgan fingerprint density at radius 1 is 1.26 bits per heavy atom. The minimum atomic E-state index is 0.594. The predicted molar refractivity (Wildman–Crippen MR) is 75.1 cm³/mol. The van der Waals surface area contributed by atoms with E-state index in [1.165, 1.54) is 0 Å². The molecule has 0 aromatic carbocycles. The number of anilines is 2. The number of hydrogen-bond donors (Lipinski definition) is 1. The lowest BCUT2D eigenvalue weighted by molar-refractivity contribution is 0.768. The second-order valence-electron chi connectivity index (χ2n) is 4.44. The van der Waals surface area contributed by atoms with Gasteiger partial charge in [0.15, 0.2) is 5.82 Å². The molecule has 0 aliphatic rings. The van der Waals surface area contributed by atoms with Crippen LogP contribution >= 0.6 is 0 Å². The van der Waals surface area contributed by atoms with Gasteiger partial charge in [-0.2, -0.15) is 20.1 Å². The van der Waals surface area contributed by atoms with Crippen LogP contribution in [0.1, 0.15) is 13.3 Å². The zero-order valence-corrected chi connectivity index (χ0v) is 11.8. The standard InChI is InChI=1S/C12H19N7/c1-5-7-13-11-15-10(9-6-8-14-19(9)4)16-12(17-11)18(2)3/h6,8H,5,7H2,1-4H3,(H,13,15,16,17). The summed E-state index contributed by atoms with van der Waals surface area (Å²) in [6.07, 6.45) is 2.75. The summed E-state index contributed by atoms with van der Waals surface area (Å²) in [6.45, 7) is 2.94. The normalized spacial score (nSPS) is 10.5. The molecule has 1 N–H and O–H groups in total. The molecular formula is C12H19N7. The zero-order valence-electron chi connectivity index (χ0n) is 11.8. The molecule has 0 atom stereocenters. The molecule has 2 aromatic heterocycles. The van der Waals surface area contributed by atoms with E-state index in [0.717, 1.165) is 18.7 Å². The third kappa shape index (κ3) is 2.98. The van der Waals surface area contributed by atoms with Gasteiger partial charge in [0, 0.05) is 33.9 Å². The lowest BCUT2D eigenvalue weighted by Crippen LogP contribution is -2.16. The van der Waals surface area contributed by atoms with Gasteiger partial charge >= 0.3 is 0 Å². The molecule has 0 unspecified atom stereocenters. The first-order valence-electron chi connectivity index (χ1n) is 6.27. The van der Waals surface area contributed by atoms with E-state index >= 15 is 0 Å². The summed E-state index contributed by atoms with van der Waals surface area (Å²) in [7, 11) is 5.69. The molecule has 2 heterocycles. The zero-order chi connectivity index (χ0) is 13.8. The topological polar surface area (TPSA) is 71.8 Å². The molecule has 0 saturated carbocycles. The van der Waals surface area contributed by atoms with Crippen molar-refractivity contribution >= 4 is 11.9 Å². The largest absolute Gasteiger partial charge is 0.354 e. The number of rotatable bonds is 5. The van der Waals surface area contributed by atoms with Crippen LogP contribution in [0.4, 0.5) is 11.9 Å². The summed E-state index contributed by atoms with van der Waals surface area (Å²) in [6, 6.07) is 1.89. The molecule has 102 valence electrons. The summed E-state index contributed by atoms with van der Waals surface area (Å²) in [5.41, 5.74) is 0.866. The Morgan fingerprint density at radius 2 is 2.05 bits per heavy atom. The van der Waals surface area contributed by atoms with Gasteiger partial charge in [-0.05, 0) is 12.5 Å². The Balaban J connectivity index is 2.42. The first-order chi connectivity index (χ1) is 9.11. The van der Waals surface area contributed by atoms with Crippen molar-refractivity contribution in [3.63, 3.8) is 0 Å². The van der Waals surface area contributed by atoms with E-state index in [1.54, 1.807) is 10.9 Å². The summed E-state index contributed by atoms with van der Waals surface area (Å²) in [5.74, 6) is 1.85. The van der Waals surface area contributed by atoms with E-state index in [0.29, 0.717) is 17.7 Å². The average molecular weight is 261 g/mol. The van der Waals surface area contributed by atoms with Crippen molar-refractivity contribution in [2.75, 3.05) is 30.9 Å². The van der Waals surface area contributed by atoms with Crippen molar-refractivity contribution in [1.29, 1.82) is 0 Å². The number of aryl methyl sites for hydroxylation is 1. The third-order valence-corrected chi connectivity index (χ3v) is 2.61. The van der Waals surface area contributed by atoms with Gasteiger partial charge in [-0.1, -0.05) is 6.92 Å². The van der Waals surface area contributed by atoms with Crippen LogP contribution in [-0.2, 0) is 7.05 Å². The quantitative estimate of drug-likeness (QED) is 0.871. The summed E-state index contributed by atoms with van der Waals surface area (Å²) in [4.78, 5) is 15.1. The molecule has 2 aromatic rings. The van der Waals surface area contributed by atoms with Crippen LogP contribution in [0, 0.1) is 0 Å². The first kappa shape index (κ1) is 13.3. The molecule has 0 radical (unpaired) electrons. The van der Waals surface area contributed by atoms with E-state index in [4.69, 9.17) is 0 Å². The van der Waals surface area contributed by atoms with Crippen LogP contribution in [0.2, 0.25) is 0 Å². The Hall–Kier alpha value is -2.18. The van der Waals surface area contributed by atoms with E-state index in [1.807, 2.05) is 32.1 Å². The van der Waals surface area contributed by atoms with E-state index in [-0.39, 0.29) is 0 Å². The lowest BCUT2D eigenvalue weighted by atomic mass is 10.4. The lowest BCUT2D eigenvalue weighted by Gasteiger charge is -2.13. The molecule has 0 amide bonds. The number of aromatic nitrogens is 5. The maximum Gasteiger partial charge on any atom is 0.230 e. The van der Waals surface area contributed by atoms with Crippen LogP contribution in [0.3, 0.4) is 0 Å². The van der Waals surface area contributed by atoms with Gasteiger partial charge in [-0.15, -0.1) is 0 Å². The van der Waals surface area contributed by atoms with Gasteiger partial charge in [-0.3, -0.25) is 4.68 Å². The Kier molecular flexibility index (Phi) is 3.94. The van der Waals surface area contributed by atoms with Crippen molar-refractivity contribution in [1.82, 2.24) is 24.7 Å². The van der Waals surface area contributed by atoms with Crippen molar-refractivity contribution < 1.29 is 0 Å². The molecule has 0 spiro atoms. The fraction of sp³-hybridized carbons (Fsp3) is 0.500. The molecule has 0 bridgehead atoms. The highest BCUT2D eigenvalue weighted by Gasteiger charge is 2.12. The Morgan fingerprint density at radius 3 is 2.63 bits per heavy atom. The monoisotopic (exact) mass is 261 g/mol. The summed E-state index contributed by atoms with van der Waals surface area (Å²) >= 11 is 0. The minimum absolute atomic E-state index is 0.594. The Labute approximate surface area is 112 Å². The number of nitrogens with zero attached hydrogens (tertiary/aromatic N) is 6. The van der Waals surface area contributed by atoms with Crippen molar-refractivity contribution in [3.8, 4) is 11.5 Å². The van der Waals surface area contributed by atoms with Gasteiger partial charge in [-0.25, -0.2) is 0 Å². The van der Waals surface area contributed by atoms with Gasteiger partial charge < -0.3 is 10.2 Å². The molecule has 2 rings (SSSR count). The second kappa shape index (κ2) is 5.64. The molecule has 7 heteroatoms. The van der Waals surface area contributed by atoms with Crippen LogP contribution in [0.25, 0.3) is 11.5 Å². The third-order valence-electron chi connectivity index (χ3n) is 2.61.